The van der Waals surface area contributed by atoms with Gasteiger partial charge in [0.2, 0.25) is 0 Å². The molecule has 1 fully saturated rings. The van der Waals surface area contributed by atoms with Crippen molar-refractivity contribution >= 4 is 11.7 Å². The van der Waals surface area contributed by atoms with E-state index in [0.29, 0.717) is 25.1 Å². The Labute approximate surface area is 155 Å². The lowest BCUT2D eigenvalue weighted by Gasteiger charge is -2.36. The number of carbonyl (C=O) groups excluding carboxylic acids is 1. The van der Waals surface area contributed by atoms with Gasteiger partial charge in [-0.1, -0.05) is 18.2 Å². The number of halogens is 4. The molecule has 7 heteroatoms. The quantitative estimate of drug-likeness (QED) is 0.704. The average Bonchev–Trinajstić information content (AvgIpc) is 2.98. The van der Waals surface area contributed by atoms with Crippen LogP contribution in [0.4, 0.5) is 28.0 Å². The highest BCUT2D eigenvalue weighted by Gasteiger charge is 2.42. The molecule has 1 aliphatic rings. The van der Waals surface area contributed by atoms with Crippen molar-refractivity contribution < 1.29 is 22.4 Å². The van der Waals surface area contributed by atoms with Gasteiger partial charge in [-0.25, -0.2) is 9.18 Å². The number of amides is 2. The number of hydrogen-bond acceptors (Lipinski definition) is 1. The van der Waals surface area contributed by atoms with Crippen molar-refractivity contribution in [3.63, 3.8) is 0 Å². The molecule has 0 radical (unpaired) electrons. The van der Waals surface area contributed by atoms with Crippen LogP contribution in [0, 0.1) is 5.82 Å². The topological polar surface area (TPSA) is 32.3 Å². The number of rotatable bonds is 3. The third-order valence-corrected chi connectivity index (χ3v) is 4.98. The minimum Gasteiger partial charge on any atom is -0.319 e. The Kier molecular flexibility index (Phi) is 5.13. The standard InChI is InChI=1S/C20H20F4N2O/c1-19(13-14-5-2-3-6-17(14)20(22,23)24)11-4-12-26(19)18(27)25-16-9-7-15(21)8-10-16/h2-3,5-10H,4,11-13H2,1H3,(H,25,27). The van der Waals surface area contributed by atoms with E-state index in [1.807, 2.05) is 0 Å². The summed E-state index contributed by atoms with van der Waals surface area (Å²) in [6, 6.07) is 10.4. The minimum atomic E-state index is -4.44. The maximum atomic E-state index is 13.3. The summed E-state index contributed by atoms with van der Waals surface area (Å²) in [6.45, 7) is 2.26. The van der Waals surface area contributed by atoms with Gasteiger partial charge in [-0.2, -0.15) is 13.2 Å². The van der Waals surface area contributed by atoms with Crippen molar-refractivity contribution in [3.8, 4) is 0 Å². The van der Waals surface area contributed by atoms with Crippen LogP contribution in [0.1, 0.15) is 30.9 Å². The summed E-state index contributed by atoms with van der Waals surface area (Å²) in [5.41, 5.74) is -0.789. The Balaban J connectivity index is 1.80. The van der Waals surface area contributed by atoms with E-state index in [1.165, 1.54) is 36.4 Å². The van der Waals surface area contributed by atoms with Crippen molar-refractivity contribution in [1.82, 2.24) is 4.90 Å². The van der Waals surface area contributed by atoms with Crippen molar-refractivity contribution in [3.05, 3.63) is 65.5 Å². The van der Waals surface area contributed by atoms with Gasteiger partial charge in [0, 0.05) is 17.8 Å². The van der Waals surface area contributed by atoms with Crippen LogP contribution >= 0.6 is 0 Å². The molecule has 3 nitrogen and oxygen atoms in total. The van der Waals surface area contributed by atoms with Gasteiger partial charge in [-0.3, -0.25) is 0 Å². The van der Waals surface area contributed by atoms with Crippen LogP contribution in [-0.2, 0) is 12.6 Å². The van der Waals surface area contributed by atoms with E-state index in [0.717, 1.165) is 6.07 Å². The molecule has 0 aliphatic carbocycles. The molecular weight excluding hydrogens is 360 g/mol. The van der Waals surface area contributed by atoms with Crippen molar-refractivity contribution in [2.75, 3.05) is 11.9 Å². The lowest BCUT2D eigenvalue weighted by molar-refractivity contribution is -0.138. The molecule has 2 aromatic carbocycles. The molecule has 0 bridgehead atoms. The van der Waals surface area contributed by atoms with E-state index in [1.54, 1.807) is 17.9 Å². The zero-order valence-corrected chi connectivity index (χ0v) is 14.8. The molecule has 3 rings (SSSR count). The SMILES string of the molecule is CC1(Cc2ccccc2C(F)(F)F)CCCN1C(=O)Nc1ccc(F)cc1. The molecular formula is C20H20F4N2O. The molecule has 2 amide bonds. The molecule has 0 spiro atoms. The highest BCUT2D eigenvalue weighted by atomic mass is 19.4. The fourth-order valence-electron chi connectivity index (χ4n) is 3.64. The van der Waals surface area contributed by atoms with E-state index in [-0.39, 0.29) is 12.0 Å². The Morgan fingerprint density at radius 2 is 1.81 bits per heavy atom. The van der Waals surface area contributed by atoms with Crippen LogP contribution in [0.3, 0.4) is 0 Å². The Morgan fingerprint density at radius 3 is 2.48 bits per heavy atom. The van der Waals surface area contributed by atoms with Crippen molar-refractivity contribution in [2.24, 2.45) is 0 Å². The first-order valence-corrected chi connectivity index (χ1v) is 8.68. The van der Waals surface area contributed by atoms with E-state index in [9.17, 15) is 22.4 Å². The number of urea groups is 1. The summed E-state index contributed by atoms with van der Waals surface area (Å²) in [6.07, 6.45) is -3.01. The number of carbonyl (C=O) groups is 1. The first-order chi connectivity index (χ1) is 12.7. The maximum absolute atomic E-state index is 13.3. The molecule has 1 heterocycles. The van der Waals surface area contributed by atoms with Gasteiger partial charge < -0.3 is 10.2 Å². The Morgan fingerprint density at radius 1 is 1.15 bits per heavy atom. The lowest BCUT2D eigenvalue weighted by Crippen LogP contribution is -2.48. The average molecular weight is 380 g/mol. The summed E-state index contributed by atoms with van der Waals surface area (Å²) in [4.78, 5) is 14.3. The van der Waals surface area contributed by atoms with Crippen LogP contribution in [0.2, 0.25) is 0 Å². The number of benzene rings is 2. The molecule has 27 heavy (non-hydrogen) atoms. The second kappa shape index (κ2) is 7.21. The van der Waals surface area contributed by atoms with Gasteiger partial charge in [-0.05, 0) is 62.1 Å². The third-order valence-electron chi connectivity index (χ3n) is 4.98. The summed E-state index contributed by atoms with van der Waals surface area (Å²) < 4.78 is 52.9. The molecule has 144 valence electrons. The molecule has 1 unspecified atom stereocenters. The molecule has 0 saturated carbocycles. The second-order valence-electron chi connectivity index (χ2n) is 7.02. The fourth-order valence-corrected chi connectivity index (χ4v) is 3.64. The first kappa shape index (κ1) is 19.2. The highest BCUT2D eigenvalue weighted by Crippen LogP contribution is 2.38. The summed E-state index contributed by atoms with van der Waals surface area (Å²) in [7, 11) is 0. The summed E-state index contributed by atoms with van der Waals surface area (Å²) in [5, 5.41) is 2.69. The first-order valence-electron chi connectivity index (χ1n) is 8.68. The van der Waals surface area contributed by atoms with Gasteiger partial charge in [0.25, 0.3) is 0 Å². The number of likely N-dealkylation sites (tertiary alicyclic amines) is 1. The van der Waals surface area contributed by atoms with Crippen LogP contribution in [0.25, 0.3) is 0 Å². The van der Waals surface area contributed by atoms with E-state index >= 15 is 0 Å². The zero-order valence-electron chi connectivity index (χ0n) is 14.8. The maximum Gasteiger partial charge on any atom is 0.416 e. The molecule has 1 N–H and O–H groups in total. The highest BCUT2D eigenvalue weighted by molar-refractivity contribution is 5.90. The normalized spacial score (nSPS) is 20.0. The Bertz CT molecular complexity index is 819. The zero-order chi connectivity index (χ0) is 19.7. The van der Waals surface area contributed by atoms with E-state index in [2.05, 4.69) is 5.32 Å². The predicted molar refractivity (Wildman–Crippen MR) is 94.9 cm³/mol. The Hall–Kier alpha value is -2.57. The number of nitrogens with zero attached hydrogens (tertiary/aromatic N) is 1. The fraction of sp³-hybridized carbons (Fsp3) is 0.350. The monoisotopic (exact) mass is 380 g/mol. The van der Waals surface area contributed by atoms with Gasteiger partial charge in [-0.15, -0.1) is 0 Å². The van der Waals surface area contributed by atoms with Crippen LogP contribution < -0.4 is 5.32 Å². The smallest absolute Gasteiger partial charge is 0.319 e. The predicted octanol–water partition coefficient (Wildman–Crippen LogP) is 5.47. The molecule has 1 atom stereocenters. The minimum absolute atomic E-state index is 0.111. The summed E-state index contributed by atoms with van der Waals surface area (Å²) in [5.74, 6) is -0.414. The number of anilines is 1. The van der Waals surface area contributed by atoms with Gasteiger partial charge in [0.15, 0.2) is 0 Å². The third kappa shape index (κ3) is 4.23. The van der Waals surface area contributed by atoms with Crippen molar-refractivity contribution in [1.29, 1.82) is 0 Å². The number of nitrogens with one attached hydrogen (secondary N) is 1. The lowest BCUT2D eigenvalue weighted by atomic mass is 9.88. The van der Waals surface area contributed by atoms with E-state index < -0.39 is 29.1 Å². The van der Waals surface area contributed by atoms with Gasteiger partial charge >= 0.3 is 12.2 Å². The number of alkyl halides is 3. The van der Waals surface area contributed by atoms with Gasteiger partial charge in [0.1, 0.15) is 5.82 Å². The van der Waals surface area contributed by atoms with Gasteiger partial charge in [0.05, 0.1) is 5.56 Å². The van der Waals surface area contributed by atoms with Crippen LogP contribution in [0.15, 0.2) is 48.5 Å². The van der Waals surface area contributed by atoms with Crippen LogP contribution in [0.5, 0.6) is 0 Å². The largest absolute Gasteiger partial charge is 0.416 e. The van der Waals surface area contributed by atoms with Crippen LogP contribution in [-0.4, -0.2) is 23.0 Å². The molecule has 1 saturated heterocycles. The second-order valence-corrected chi connectivity index (χ2v) is 7.02. The molecule has 1 aliphatic heterocycles. The van der Waals surface area contributed by atoms with Crippen molar-refractivity contribution in [2.45, 2.75) is 37.9 Å². The van der Waals surface area contributed by atoms with E-state index in [4.69, 9.17) is 0 Å². The molecule has 2 aromatic rings. The summed E-state index contributed by atoms with van der Waals surface area (Å²) >= 11 is 0. The number of hydrogen-bond donors (Lipinski definition) is 1. The molecule has 0 aromatic heterocycles.